The molecule has 7 atom stereocenters. The maximum Gasteiger partial charge on any atom is 0.222 e. The number of hydrogen-bond donors (Lipinski definition) is 0. The fourth-order valence-corrected chi connectivity index (χ4v) is 7.59. The Morgan fingerprint density at radius 1 is 1.04 bits per heavy atom. The molecule has 3 heteroatoms. The zero-order chi connectivity index (χ0) is 16.4. The van der Waals surface area contributed by atoms with Gasteiger partial charge in [0, 0.05) is 19.5 Å². The number of nitrogens with zero attached hydrogens (tertiary/aromatic N) is 1. The van der Waals surface area contributed by atoms with Crippen molar-refractivity contribution in [3.8, 4) is 0 Å². The van der Waals surface area contributed by atoms with E-state index >= 15 is 0 Å². The van der Waals surface area contributed by atoms with Gasteiger partial charge in [-0.25, -0.2) is 0 Å². The summed E-state index contributed by atoms with van der Waals surface area (Å²) < 4.78 is 0. The van der Waals surface area contributed by atoms with E-state index in [-0.39, 0.29) is 0 Å². The largest absolute Gasteiger partial charge is 0.677 e. The van der Waals surface area contributed by atoms with Crippen LogP contribution in [-0.2, 0) is 4.79 Å². The molecule has 0 aromatic rings. The molecular weight excluding hydrogens is 284 g/mol. The van der Waals surface area contributed by atoms with Crippen LogP contribution in [0.15, 0.2) is 0 Å². The third-order valence-corrected chi connectivity index (χ3v) is 9.00. The minimum atomic E-state index is 0.339. The molecule has 3 saturated carbocycles. The lowest BCUT2D eigenvalue weighted by Gasteiger charge is -2.62. The molecule has 1 saturated heterocycles. The first-order valence-electron chi connectivity index (χ1n) is 9.82. The van der Waals surface area contributed by atoms with E-state index in [4.69, 9.17) is 5.73 Å². The van der Waals surface area contributed by atoms with E-state index in [2.05, 4.69) is 18.7 Å². The van der Waals surface area contributed by atoms with Crippen molar-refractivity contribution in [2.24, 2.45) is 34.5 Å². The molecule has 1 N–H and O–H groups in total. The van der Waals surface area contributed by atoms with Crippen molar-refractivity contribution < 1.29 is 4.79 Å². The van der Waals surface area contributed by atoms with E-state index < -0.39 is 0 Å². The minimum Gasteiger partial charge on any atom is -0.677 e. The molecule has 1 aliphatic heterocycles. The fraction of sp³-hybridized carbons (Fsp3) is 0.950. The van der Waals surface area contributed by atoms with Gasteiger partial charge in [-0.15, -0.1) is 6.54 Å². The number of rotatable bonds is 1. The van der Waals surface area contributed by atoms with Crippen LogP contribution >= 0.6 is 0 Å². The third kappa shape index (κ3) is 2.01. The van der Waals surface area contributed by atoms with Gasteiger partial charge in [-0.2, -0.15) is 0 Å². The van der Waals surface area contributed by atoms with Crippen LogP contribution in [0.2, 0.25) is 0 Å². The second-order valence-corrected chi connectivity index (χ2v) is 9.50. The molecule has 4 fully saturated rings. The van der Waals surface area contributed by atoms with Crippen LogP contribution in [0.4, 0.5) is 0 Å². The fourth-order valence-electron chi connectivity index (χ4n) is 7.59. The Bertz CT molecular complexity index is 506. The molecule has 0 radical (unpaired) electrons. The summed E-state index contributed by atoms with van der Waals surface area (Å²) in [5, 5.41) is 0. The number of carbonyl (C=O) groups excluding carboxylic acids is 1. The number of hydrogen-bond acceptors (Lipinski definition) is 1. The van der Waals surface area contributed by atoms with Crippen molar-refractivity contribution in [1.82, 2.24) is 4.90 Å². The lowest BCUT2D eigenvalue weighted by Crippen LogP contribution is -2.61. The summed E-state index contributed by atoms with van der Waals surface area (Å²) in [7, 11) is 2.05. The molecule has 0 spiro atoms. The quantitative estimate of drug-likeness (QED) is 0.701. The molecule has 7 unspecified atom stereocenters. The molecule has 3 nitrogen and oxygen atoms in total. The van der Waals surface area contributed by atoms with Gasteiger partial charge in [-0.3, -0.25) is 4.79 Å². The van der Waals surface area contributed by atoms with Crippen molar-refractivity contribution in [1.29, 1.82) is 0 Å². The van der Waals surface area contributed by atoms with Crippen LogP contribution in [0.3, 0.4) is 0 Å². The Balaban J connectivity index is 1.64. The molecule has 0 aromatic carbocycles. The average molecular weight is 317 g/mol. The van der Waals surface area contributed by atoms with Gasteiger partial charge < -0.3 is 10.6 Å². The molecule has 130 valence electrons. The van der Waals surface area contributed by atoms with Gasteiger partial charge in [-0.1, -0.05) is 26.2 Å². The Labute approximate surface area is 141 Å². The van der Waals surface area contributed by atoms with E-state index in [0.29, 0.717) is 35.2 Å². The van der Waals surface area contributed by atoms with Gasteiger partial charge >= 0.3 is 0 Å². The zero-order valence-corrected chi connectivity index (χ0v) is 15.1. The van der Waals surface area contributed by atoms with Crippen LogP contribution in [0.25, 0.3) is 5.73 Å². The maximum absolute atomic E-state index is 12.2. The first-order chi connectivity index (χ1) is 10.9. The first-order valence-corrected chi connectivity index (χ1v) is 9.82. The Hall–Kier alpha value is -0.570. The normalized spacial score (nSPS) is 52.8. The van der Waals surface area contributed by atoms with Crippen molar-refractivity contribution >= 4 is 5.91 Å². The van der Waals surface area contributed by atoms with Gasteiger partial charge in [0.15, 0.2) is 0 Å². The van der Waals surface area contributed by atoms with Crippen LogP contribution in [-0.4, -0.2) is 30.4 Å². The van der Waals surface area contributed by atoms with Crippen LogP contribution in [0, 0.1) is 34.5 Å². The van der Waals surface area contributed by atoms with Crippen molar-refractivity contribution in [3.05, 3.63) is 5.73 Å². The molecule has 4 aliphatic rings. The highest BCUT2D eigenvalue weighted by Crippen LogP contribution is 2.66. The molecule has 1 heterocycles. The highest BCUT2D eigenvalue weighted by atomic mass is 16.2. The first kappa shape index (κ1) is 15.9. The minimum absolute atomic E-state index is 0.339. The average Bonchev–Trinajstić information content (AvgIpc) is 2.88. The van der Waals surface area contributed by atoms with E-state index in [1.54, 1.807) is 0 Å². The number of nitrogens with one attached hydrogen (secondary N) is 1. The molecule has 0 aromatic heterocycles. The Morgan fingerprint density at radius 3 is 2.52 bits per heavy atom. The third-order valence-electron chi connectivity index (χ3n) is 9.00. The van der Waals surface area contributed by atoms with Crippen LogP contribution < -0.4 is 0 Å². The monoisotopic (exact) mass is 317 g/mol. The molecule has 23 heavy (non-hydrogen) atoms. The smallest absolute Gasteiger partial charge is 0.222 e. The summed E-state index contributed by atoms with van der Waals surface area (Å²) in [6.45, 7) is 5.63. The van der Waals surface area contributed by atoms with E-state index in [1.807, 2.05) is 7.05 Å². The topological polar surface area (TPSA) is 44.1 Å². The molecule has 1 amide bonds. The van der Waals surface area contributed by atoms with Gasteiger partial charge in [0.05, 0.1) is 0 Å². The van der Waals surface area contributed by atoms with Crippen molar-refractivity contribution in [2.45, 2.75) is 71.3 Å². The summed E-state index contributed by atoms with van der Waals surface area (Å²) >= 11 is 0. The molecular formula is C20H33N2O-. The molecule has 0 bridgehead atoms. The highest BCUT2D eigenvalue weighted by Gasteiger charge is 2.60. The summed E-state index contributed by atoms with van der Waals surface area (Å²) in [6, 6.07) is 0.475. The Morgan fingerprint density at radius 2 is 1.78 bits per heavy atom. The SMILES string of the molecule is CN1C(=O)CCC2(C)C3CCC4(C)C(C[NH-])CCC4C3CCC12. The van der Waals surface area contributed by atoms with Crippen LogP contribution in [0.1, 0.15) is 65.2 Å². The van der Waals surface area contributed by atoms with Gasteiger partial charge in [-0.05, 0) is 67.1 Å². The molecule has 3 aliphatic carbocycles. The second-order valence-electron chi connectivity index (χ2n) is 9.50. The predicted octanol–water partition coefficient (Wildman–Crippen LogP) is 4.52. The second kappa shape index (κ2) is 5.21. The van der Waals surface area contributed by atoms with Crippen molar-refractivity contribution in [3.63, 3.8) is 0 Å². The lowest BCUT2D eigenvalue weighted by molar-refractivity contribution is -0.158. The summed E-state index contributed by atoms with van der Waals surface area (Å²) in [4.78, 5) is 14.3. The predicted molar refractivity (Wildman–Crippen MR) is 92.9 cm³/mol. The summed E-state index contributed by atoms with van der Waals surface area (Å²) in [6.07, 6.45) is 9.68. The maximum atomic E-state index is 12.2. The summed E-state index contributed by atoms with van der Waals surface area (Å²) in [5.74, 6) is 3.50. The van der Waals surface area contributed by atoms with Gasteiger partial charge in [0.25, 0.3) is 0 Å². The highest BCUT2D eigenvalue weighted by molar-refractivity contribution is 5.77. The van der Waals surface area contributed by atoms with Gasteiger partial charge in [0.1, 0.15) is 0 Å². The number of piperidine rings is 1. The Kier molecular flexibility index (Phi) is 3.61. The zero-order valence-electron chi connectivity index (χ0n) is 15.1. The van der Waals surface area contributed by atoms with Crippen molar-refractivity contribution in [2.75, 3.05) is 13.6 Å². The van der Waals surface area contributed by atoms with E-state index in [0.717, 1.165) is 30.6 Å². The number of likely N-dealkylation sites (tertiary alicyclic amines) is 1. The van der Waals surface area contributed by atoms with Gasteiger partial charge in [0.2, 0.25) is 5.91 Å². The number of fused-ring (bicyclic) bond motifs is 5. The number of carbonyl (C=O) groups is 1. The standard InChI is InChI=1S/C20H33N2O/c1-19-10-8-16-14(15(19)6-4-13(19)12-21)5-7-17-20(16,2)11-9-18(23)22(17)3/h13-17,21H,4-12H2,1-3H3/q-1. The van der Waals surface area contributed by atoms with Crippen LogP contribution in [0.5, 0.6) is 0 Å². The number of amides is 1. The lowest BCUT2D eigenvalue weighted by atomic mass is 9.47. The van der Waals surface area contributed by atoms with E-state index in [9.17, 15) is 4.79 Å². The summed E-state index contributed by atoms with van der Waals surface area (Å²) in [5.41, 5.74) is 8.74. The molecule has 4 rings (SSSR count). The van der Waals surface area contributed by atoms with E-state index in [1.165, 1.54) is 38.5 Å².